The topological polar surface area (TPSA) is 82.3 Å². The van der Waals surface area contributed by atoms with Gasteiger partial charge in [0.05, 0.1) is 30.3 Å². The number of amides is 1. The van der Waals surface area contributed by atoms with Crippen LogP contribution in [-0.2, 0) is 21.6 Å². The van der Waals surface area contributed by atoms with Gasteiger partial charge in [0.15, 0.2) is 5.65 Å². The van der Waals surface area contributed by atoms with Crippen LogP contribution in [0.2, 0.25) is 0 Å². The van der Waals surface area contributed by atoms with Crippen LogP contribution in [0, 0.1) is 0 Å². The monoisotopic (exact) mass is 361 g/mol. The molecule has 3 rings (SSSR count). The molecule has 142 valence electrons. The number of fused-ring (bicyclic) bond motifs is 1. The summed E-state index contributed by atoms with van der Waals surface area (Å²) in [6.07, 6.45) is 3.39. The SMILES string of the molecule is CC1CN(C(=O)CCn2cnc3c(cnn3C(C)(C)C)c2=O)CC(C)O1. The summed E-state index contributed by atoms with van der Waals surface area (Å²) in [6, 6.07) is 0. The Bertz CT molecular complexity index is 854. The fraction of sp³-hybridized carbons (Fsp3) is 0.667. The summed E-state index contributed by atoms with van der Waals surface area (Å²) < 4.78 is 8.89. The molecule has 26 heavy (non-hydrogen) atoms. The van der Waals surface area contributed by atoms with Crippen LogP contribution in [0.25, 0.3) is 11.0 Å². The van der Waals surface area contributed by atoms with Crippen molar-refractivity contribution in [3.05, 3.63) is 22.9 Å². The number of hydrogen-bond donors (Lipinski definition) is 0. The minimum Gasteiger partial charge on any atom is -0.372 e. The van der Waals surface area contributed by atoms with E-state index in [-0.39, 0.29) is 35.6 Å². The zero-order valence-corrected chi connectivity index (χ0v) is 16.1. The molecule has 0 saturated carbocycles. The van der Waals surface area contributed by atoms with E-state index >= 15 is 0 Å². The first-order valence-corrected chi connectivity index (χ1v) is 9.03. The van der Waals surface area contributed by atoms with Crippen LogP contribution in [0.4, 0.5) is 0 Å². The Morgan fingerprint density at radius 2 is 1.92 bits per heavy atom. The Balaban J connectivity index is 1.74. The first kappa shape index (κ1) is 18.6. The van der Waals surface area contributed by atoms with Crippen molar-refractivity contribution in [1.29, 1.82) is 0 Å². The average Bonchev–Trinajstić information content (AvgIpc) is 2.98. The fourth-order valence-corrected chi connectivity index (χ4v) is 3.35. The molecule has 0 bridgehead atoms. The molecule has 1 aliphatic rings. The molecular formula is C18H27N5O3. The zero-order chi connectivity index (χ0) is 19.1. The van der Waals surface area contributed by atoms with Gasteiger partial charge in [0.25, 0.3) is 5.56 Å². The Labute approximate surface area is 152 Å². The largest absolute Gasteiger partial charge is 0.372 e. The van der Waals surface area contributed by atoms with Gasteiger partial charge in [-0.05, 0) is 34.6 Å². The highest BCUT2D eigenvalue weighted by Crippen LogP contribution is 2.18. The normalized spacial score (nSPS) is 21.3. The number of hydrogen-bond acceptors (Lipinski definition) is 5. The molecule has 0 aromatic carbocycles. The van der Waals surface area contributed by atoms with Gasteiger partial charge in [-0.1, -0.05) is 0 Å². The Morgan fingerprint density at radius 1 is 1.27 bits per heavy atom. The molecule has 2 aromatic heterocycles. The van der Waals surface area contributed by atoms with Crippen molar-refractivity contribution in [1.82, 2.24) is 24.2 Å². The van der Waals surface area contributed by atoms with Crippen molar-refractivity contribution in [3.63, 3.8) is 0 Å². The second-order valence-electron chi connectivity index (χ2n) is 8.01. The zero-order valence-electron chi connectivity index (χ0n) is 16.1. The number of rotatable bonds is 3. The van der Waals surface area contributed by atoms with Gasteiger partial charge in [-0.15, -0.1) is 0 Å². The fourth-order valence-electron chi connectivity index (χ4n) is 3.35. The number of carbonyl (C=O) groups excluding carboxylic acids is 1. The number of aryl methyl sites for hydroxylation is 1. The van der Waals surface area contributed by atoms with Crippen LogP contribution >= 0.6 is 0 Å². The van der Waals surface area contributed by atoms with E-state index < -0.39 is 0 Å². The van der Waals surface area contributed by atoms with E-state index in [2.05, 4.69) is 10.1 Å². The highest BCUT2D eigenvalue weighted by Gasteiger charge is 2.26. The minimum atomic E-state index is -0.257. The van der Waals surface area contributed by atoms with E-state index in [4.69, 9.17) is 4.74 Å². The van der Waals surface area contributed by atoms with Crippen LogP contribution in [0.15, 0.2) is 17.3 Å². The Hall–Kier alpha value is -2.22. The summed E-state index contributed by atoms with van der Waals surface area (Å²) in [6.45, 7) is 11.4. The van der Waals surface area contributed by atoms with Gasteiger partial charge < -0.3 is 9.64 Å². The van der Waals surface area contributed by atoms with Gasteiger partial charge in [-0.25, -0.2) is 9.67 Å². The van der Waals surface area contributed by atoms with E-state index in [1.807, 2.05) is 39.5 Å². The van der Waals surface area contributed by atoms with Gasteiger partial charge in [0, 0.05) is 26.1 Å². The molecule has 2 unspecified atom stereocenters. The molecule has 1 aliphatic heterocycles. The lowest BCUT2D eigenvalue weighted by molar-refractivity contribution is -0.143. The first-order chi connectivity index (χ1) is 12.2. The van der Waals surface area contributed by atoms with Crippen molar-refractivity contribution in [2.24, 2.45) is 0 Å². The summed E-state index contributed by atoms with van der Waals surface area (Å²) in [5, 5.41) is 4.78. The molecule has 0 radical (unpaired) electrons. The maximum Gasteiger partial charge on any atom is 0.264 e. The highest BCUT2D eigenvalue weighted by molar-refractivity contribution is 5.76. The molecule has 1 fully saturated rings. The summed E-state index contributed by atoms with van der Waals surface area (Å²) in [4.78, 5) is 31.4. The number of aromatic nitrogens is 4. The van der Waals surface area contributed by atoms with Crippen LogP contribution < -0.4 is 5.56 Å². The number of morpholine rings is 1. The third-order valence-electron chi connectivity index (χ3n) is 4.53. The molecule has 8 heteroatoms. The average molecular weight is 361 g/mol. The second-order valence-corrected chi connectivity index (χ2v) is 8.01. The lowest BCUT2D eigenvalue weighted by atomic mass is 10.1. The van der Waals surface area contributed by atoms with Crippen LogP contribution in [0.5, 0.6) is 0 Å². The predicted molar refractivity (Wildman–Crippen MR) is 98.0 cm³/mol. The third kappa shape index (κ3) is 3.65. The van der Waals surface area contributed by atoms with Crippen LogP contribution in [0.1, 0.15) is 41.0 Å². The van der Waals surface area contributed by atoms with Gasteiger partial charge in [0.2, 0.25) is 5.91 Å². The van der Waals surface area contributed by atoms with E-state index in [1.165, 1.54) is 10.9 Å². The van der Waals surface area contributed by atoms with Crippen molar-refractivity contribution in [2.75, 3.05) is 13.1 Å². The molecule has 2 aromatic rings. The molecule has 1 saturated heterocycles. The summed E-state index contributed by atoms with van der Waals surface area (Å²) in [5.41, 5.74) is 0.149. The van der Waals surface area contributed by atoms with Gasteiger partial charge in [0.1, 0.15) is 5.39 Å². The molecule has 0 spiro atoms. The van der Waals surface area contributed by atoms with Crippen molar-refractivity contribution >= 4 is 16.9 Å². The molecule has 3 heterocycles. The number of ether oxygens (including phenoxy) is 1. The van der Waals surface area contributed by atoms with E-state index in [1.54, 1.807) is 10.9 Å². The highest BCUT2D eigenvalue weighted by atomic mass is 16.5. The molecule has 8 nitrogen and oxygen atoms in total. The van der Waals surface area contributed by atoms with E-state index in [0.29, 0.717) is 30.7 Å². The predicted octanol–water partition coefficient (Wildman–Crippen LogP) is 1.37. The summed E-state index contributed by atoms with van der Waals surface area (Å²) in [5.74, 6) is 0.0318. The summed E-state index contributed by atoms with van der Waals surface area (Å²) in [7, 11) is 0. The minimum absolute atomic E-state index is 0.0318. The molecule has 0 aliphatic carbocycles. The smallest absolute Gasteiger partial charge is 0.264 e. The van der Waals surface area contributed by atoms with E-state index in [0.717, 1.165) is 0 Å². The summed E-state index contributed by atoms with van der Waals surface area (Å²) >= 11 is 0. The molecular weight excluding hydrogens is 334 g/mol. The van der Waals surface area contributed by atoms with E-state index in [9.17, 15) is 9.59 Å². The van der Waals surface area contributed by atoms with Crippen molar-refractivity contribution in [3.8, 4) is 0 Å². The van der Waals surface area contributed by atoms with Gasteiger partial charge >= 0.3 is 0 Å². The quantitative estimate of drug-likeness (QED) is 0.825. The van der Waals surface area contributed by atoms with Gasteiger partial charge in [-0.3, -0.25) is 14.2 Å². The van der Waals surface area contributed by atoms with Gasteiger partial charge in [-0.2, -0.15) is 5.10 Å². The van der Waals surface area contributed by atoms with Crippen molar-refractivity contribution in [2.45, 2.75) is 65.3 Å². The Kier molecular flexibility index (Phi) is 4.88. The van der Waals surface area contributed by atoms with Crippen LogP contribution in [-0.4, -0.2) is 55.4 Å². The third-order valence-corrected chi connectivity index (χ3v) is 4.53. The Morgan fingerprint density at radius 3 is 2.54 bits per heavy atom. The molecule has 0 N–H and O–H groups in total. The maximum absolute atomic E-state index is 12.7. The standard InChI is InChI=1S/C18H27N5O3/c1-12-9-22(10-13(2)26-12)15(24)6-7-21-11-19-16-14(17(21)25)8-20-23(16)18(3,4)5/h8,11-13H,6-7,9-10H2,1-5H3. The number of carbonyl (C=O) groups is 1. The van der Waals surface area contributed by atoms with Crippen LogP contribution in [0.3, 0.4) is 0 Å². The van der Waals surface area contributed by atoms with Crippen molar-refractivity contribution < 1.29 is 9.53 Å². The number of nitrogens with zero attached hydrogens (tertiary/aromatic N) is 5. The maximum atomic E-state index is 12.7. The lowest BCUT2D eigenvalue weighted by Crippen LogP contribution is -2.48. The molecule has 1 amide bonds. The lowest BCUT2D eigenvalue weighted by Gasteiger charge is -2.35. The molecule has 2 atom stereocenters. The first-order valence-electron chi connectivity index (χ1n) is 9.03. The second kappa shape index (κ2) is 6.83.